The van der Waals surface area contributed by atoms with Crippen LogP contribution in [0.4, 0.5) is 5.69 Å². The van der Waals surface area contributed by atoms with Crippen molar-refractivity contribution >= 4 is 34.9 Å². The van der Waals surface area contributed by atoms with Crippen LogP contribution in [0.15, 0.2) is 78.9 Å². The Labute approximate surface area is 195 Å². The number of hydrogen-bond acceptors (Lipinski definition) is 5. The average molecular weight is 453 g/mol. The number of anilines is 1. The Kier molecular flexibility index (Phi) is 3.75. The third kappa shape index (κ3) is 1.99. The molecule has 3 aliphatic heterocycles. The summed E-state index contributed by atoms with van der Waals surface area (Å²) in [5, 5.41) is 3.04. The standard InChI is InChI=1S/C27H20N2O3S/c30-23-17-10-4-5-11-18(17)24(31)26(23)22(16-8-2-1-3-9-16)21-14-33-15-29(21)27(26)19-12-6-7-13-20(19)28-25(27)32/h1-13,21-22H,14-15H2,(H,28,32)/t21-,22-,27-/m0/s1. The molecule has 2 spiro atoms. The van der Waals surface area contributed by atoms with E-state index < -0.39 is 16.9 Å². The lowest BCUT2D eigenvalue weighted by Crippen LogP contribution is -2.60. The zero-order valence-electron chi connectivity index (χ0n) is 17.7. The molecular formula is C27H20N2O3S. The number of fused-ring (bicyclic) bond motifs is 6. The third-order valence-corrected chi connectivity index (χ3v) is 9.00. The maximum Gasteiger partial charge on any atom is 0.251 e. The highest BCUT2D eigenvalue weighted by atomic mass is 32.2. The van der Waals surface area contributed by atoms with Gasteiger partial charge in [-0.25, -0.2) is 0 Å². The van der Waals surface area contributed by atoms with Crippen LogP contribution in [0.5, 0.6) is 0 Å². The number of nitrogens with zero attached hydrogens (tertiary/aromatic N) is 1. The molecule has 1 aliphatic carbocycles. The minimum absolute atomic E-state index is 0.114. The van der Waals surface area contributed by atoms with Crippen molar-refractivity contribution in [3.05, 3.63) is 101 Å². The van der Waals surface area contributed by atoms with E-state index >= 15 is 0 Å². The molecule has 3 atom stereocenters. The molecule has 0 saturated carbocycles. The number of thioether (sulfide) groups is 1. The monoisotopic (exact) mass is 452 g/mol. The zero-order valence-corrected chi connectivity index (χ0v) is 18.5. The number of benzene rings is 3. The smallest absolute Gasteiger partial charge is 0.251 e. The Bertz CT molecular complexity index is 1340. The third-order valence-electron chi connectivity index (χ3n) is 7.96. The molecule has 3 aromatic carbocycles. The van der Waals surface area contributed by atoms with Gasteiger partial charge in [-0.05, 0) is 11.6 Å². The molecule has 1 N–H and O–H groups in total. The fourth-order valence-corrected chi connectivity index (χ4v) is 8.19. The molecule has 7 rings (SSSR count). The highest BCUT2D eigenvalue weighted by Gasteiger charge is 2.82. The van der Waals surface area contributed by atoms with E-state index in [1.54, 1.807) is 36.0 Å². The number of Topliss-reactive ketones (excluding diaryl/α,β-unsaturated/α-hetero) is 2. The lowest BCUT2D eigenvalue weighted by atomic mass is 9.57. The number of hydrogen-bond donors (Lipinski definition) is 1. The maximum absolute atomic E-state index is 14.5. The van der Waals surface area contributed by atoms with Crippen molar-refractivity contribution in [1.29, 1.82) is 0 Å². The van der Waals surface area contributed by atoms with Gasteiger partial charge in [0.15, 0.2) is 17.1 Å². The molecule has 2 fully saturated rings. The predicted octanol–water partition coefficient (Wildman–Crippen LogP) is 4.07. The predicted molar refractivity (Wildman–Crippen MR) is 126 cm³/mol. The SMILES string of the molecule is O=C1c2ccccc2C(=O)C12[C@@H](c1ccccc1)[C@@H]1CSCN1[C@@]21C(=O)Nc2ccccc21. The molecule has 5 nitrogen and oxygen atoms in total. The van der Waals surface area contributed by atoms with Crippen LogP contribution in [-0.4, -0.2) is 40.0 Å². The van der Waals surface area contributed by atoms with E-state index in [1.807, 2.05) is 54.6 Å². The second-order valence-electron chi connectivity index (χ2n) is 9.15. The summed E-state index contributed by atoms with van der Waals surface area (Å²) in [4.78, 5) is 45.3. The van der Waals surface area contributed by atoms with Gasteiger partial charge < -0.3 is 5.32 Å². The number of carbonyl (C=O) groups excluding carboxylic acids is 3. The number of amides is 1. The number of carbonyl (C=O) groups is 3. The average Bonchev–Trinajstić information content (AvgIpc) is 3.55. The first-order valence-electron chi connectivity index (χ1n) is 11.1. The van der Waals surface area contributed by atoms with Gasteiger partial charge in [-0.1, -0.05) is 72.8 Å². The summed E-state index contributed by atoms with van der Waals surface area (Å²) >= 11 is 1.75. The van der Waals surface area contributed by atoms with E-state index in [2.05, 4.69) is 10.2 Å². The van der Waals surface area contributed by atoms with E-state index in [9.17, 15) is 14.4 Å². The van der Waals surface area contributed by atoms with E-state index in [1.165, 1.54) is 0 Å². The Morgan fingerprint density at radius 1 is 0.818 bits per heavy atom. The topological polar surface area (TPSA) is 66.5 Å². The van der Waals surface area contributed by atoms with Gasteiger partial charge in [0.2, 0.25) is 0 Å². The molecule has 1 amide bonds. The second kappa shape index (κ2) is 6.43. The largest absolute Gasteiger partial charge is 0.324 e. The number of para-hydroxylation sites is 1. The van der Waals surface area contributed by atoms with Gasteiger partial charge in [0.05, 0.1) is 0 Å². The van der Waals surface area contributed by atoms with Crippen LogP contribution < -0.4 is 5.32 Å². The summed E-state index contributed by atoms with van der Waals surface area (Å²) in [6.07, 6.45) is 0. The summed E-state index contributed by atoms with van der Waals surface area (Å²) in [6.45, 7) is 0. The van der Waals surface area contributed by atoms with Crippen molar-refractivity contribution in [1.82, 2.24) is 4.90 Å². The molecule has 4 aliphatic rings. The van der Waals surface area contributed by atoms with Crippen molar-refractivity contribution in [3.8, 4) is 0 Å². The molecule has 0 radical (unpaired) electrons. The first-order valence-corrected chi connectivity index (χ1v) is 12.3. The normalized spacial score (nSPS) is 28.9. The highest BCUT2D eigenvalue weighted by Crippen LogP contribution is 2.70. The fourth-order valence-electron chi connectivity index (χ4n) is 6.89. The molecule has 0 bridgehead atoms. The van der Waals surface area contributed by atoms with Crippen LogP contribution in [0.25, 0.3) is 0 Å². The van der Waals surface area contributed by atoms with Gasteiger partial charge in [-0.15, -0.1) is 11.8 Å². The molecule has 0 aromatic heterocycles. The maximum atomic E-state index is 14.5. The summed E-state index contributed by atoms with van der Waals surface area (Å²) in [6, 6.07) is 24.3. The Morgan fingerprint density at radius 3 is 2.18 bits per heavy atom. The van der Waals surface area contributed by atoms with Crippen LogP contribution in [0.2, 0.25) is 0 Å². The van der Waals surface area contributed by atoms with E-state index in [0.717, 1.165) is 16.9 Å². The van der Waals surface area contributed by atoms with Crippen LogP contribution >= 0.6 is 11.8 Å². The first-order chi connectivity index (χ1) is 16.1. The van der Waals surface area contributed by atoms with Gasteiger partial charge in [0, 0.05) is 46.0 Å². The molecule has 0 unspecified atom stereocenters. The fraction of sp³-hybridized carbons (Fsp3) is 0.222. The number of nitrogens with one attached hydrogen (secondary N) is 1. The van der Waals surface area contributed by atoms with E-state index in [4.69, 9.17) is 0 Å². The van der Waals surface area contributed by atoms with Gasteiger partial charge in [-0.2, -0.15) is 0 Å². The molecule has 2 saturated heterocycles. The van der Waals surface area contributed by atoms with Crippen LogP contribution in [-0.2, 0) is 10.3 Å². The van der Waals surface area contributed by atoms with E-state index in [-0.39, 0.29) is 23.5 Å². The molecule has 162 valence electrons. The van der Waals surface area contributed by atoms with Crippen LogP contribution in [0.3, 0.4) is 0 Å². The quantitative estimate of drug-likeness (QED) is 0.564. The summed E-state index contributed by atoms with van der Waals surface area (Å²) < 4.78 is 0. The van der Waals surface area contributed by atoms with Gasteiger partial charge >= 0.3 is 0 Å². The number of rotatable bonds is 1. The van der Waals surface area contributed by atoms with Crippen molar-refractivity contribution in [3.63, 3.8) is 0 Å². The lowest BCUT2D eigenvalue weighted by molar-refractivity contribution is -0.129. The van der Waals surface area contributed by atoms with Crippen molar-refractivity contribution in [2.45, 2.75) is 17.5 Å². The molecule has 33 heavy (non-hydrogen) atoms. The van der Waals surface area contributed by atoms with Crippen LogP contribution in [0.1, 0.15) is 37.8 Å². The summed E-state index contributed by atoms with van der Waals surface area (Å²) in [5.74, 6) is 0.178. The molecule has 3 aromatic rings. The van der Waals surface area contributed by atoms with E-state index in [0.29, 0.717) is 22.7 Å². The Morgan fingerprint density at radius 2 is 1.45 bits per heavy atom. The second-order valence-corrected chi connectivity index (χ2v) is 10.1. The number of ketones is 2. The Balaban J connectivity index is 1.64. The molecule has 3 heterocycles. The van der Waals surface area contributed by atoms with Gasteiger partial charge in [0.1, 0.15) is 5.41 Å². The zero-order chi connectivity index (χ0) is 22.4. The highest BCUT2D eigenvalue weighted by molar-refractivity contribution is 7.99. The minimum atomic E-state index is -1.56. The van der Waals surface area contributed by atoms with Crippen molar-refractivity contribution < 1.29 is 14.4 Å². The summed E-state index contributed by atoms with van der Waals surface area (Å²) in [5.41, 5.74) is 0.255. The van der Waals surface area contributed by atoms with Gasteiger partial charge in [0.25, 0.3) is 5.91 Å². The molecule has 6 heteroatoms. The van der Waals surface area contributed by atoms with Crippen molar-refractivity contribution in [2.24, 2.45) is 5.41 Å². The summed E-state index contributed by atoms with van der Waals surface area (Å²) in [7, 11) is 0. The minimum Gasteiger partial charge on any atom is -0.324 e. The van der Waals surface area contributed by atoms with Crippen LogP contribution in [0, 0.1) is 5.41 Å². The Hall–Kier alpha value is -3.22. The lowest BCUT2D eigenvalue weighted by Gasteiger charge is -2.42. The van der Waals surface area contributed by atoms with Gasteiger partial charge in [-0.3, -0.25) is 19.3 Å². The van der Waals surface area contributed by atoms with Crippen molar-refractivity contribution in [2.75, 3.05) is 16.9 Å². The first kappa shape index (κ1) is 19.3. The molecular weight excluding hydrogens is 432 g/mol.